The van der Waals surface area contributed by atoms with Gasteiger partial charge in [-0.15, -0.1) is 0 Å². The molecule has 1 N–H and O–H groups in total. The van der Waals surface area contributed by atoms with Crippen molar-refractivity contribution in [3.8, 4) is 0 Å². The molecule has 0 fully saturated rings. The smallest absolute Gasteiger partial charge is 0.322 e. The molecule has 0 saturated heterocycles. The minimum atomic E-state index is -0.296. The number of hydrogen-bond donors (Lipinski definition) is 1. The Labute approximate surface area is 83.1 Å². The van der Waals surface area contributed by atoms with Gasteiger partial charge in [-0.2, -0.15) is 5.10 Å². The summed E-state index contributed by atoms with van der Waals surface area (Å²) in [5.41, 5.74) is 1.03. The predicted octanol–water partition coefficient (Wildman–Crippen LogP) is 0.0712. The third-order valence-corrected chi connectivity index (χ3v) is 2.07. The molecule has 5 nitrogen and oxygen atoms in total. The Bertz CT molecular complexity index is 309. The van der Waals surface area contributed by atoms with Crippen molar-refractivity contribution in [3.63, 3.8) is 0 Å². The topological polar surface area (TPSA) is 56.1 Å². The molecule has 1 heterocycles. The van der Waals surface area contributed by atoms with Crippen LogP contribution in [0.2, 0.25) is 0 Å². The van der Waals surface area contributed by atoms with Crippen LogP contribution in [-0.2, 0) is 23.1 Å². The van der Waals surface area contributed by atoms with Crippen LogP contribution in [0.5, 0.6) is 0 Å². The number of rotatable bonds is 4. The maximum atomic E-state index is 11.0. The summed E-state index contributed by atoms with van der Waals surface area (Å²) in [6.45, 7) is 2.37. The summed E-state index contributed by atoms with van der Waals surface area (Å²) in [7, 11) is 3.24. The molecule has 14 heavy (non-hydrogen) atoms. The molecule has 0 saturated carbocycles. The maximum absolute atomic E-state index is 11.0. The largest absolute Gasteiger partial charge is 0.468 e. The SMILES string of the molecule is COC(=O)C(C)NCc1ccnn1C. The Morgan fingerprint density at radius 1 is 1.79 bits per heavy atom. The van der Waals surface area contributed by atoms with Gasteiger partial charge in [0.1, 0.15) is 6.04 Å². The molecule has 1 aromatic heterocycles. The molecule has 0 aromatic carbocycles. The Morgan fingerprint density at radius 2 is 2.50 bits per heavy atom. The number of carbonyl (C=O) groups is 1. The number of hydrogen-bond acceptors (Lipinski definition) is 4. The van der Waals surface area contributed by atoms with Crippen LogP contribution < -0.4 is 5.32 Å². The van der Waals surface area contributed by atoms with Gasteiger partial charge < -0.3 is 4.74 Å². The second-order valence-electron chi connectivity index (χ2n) is 3.07. The summed E-state index contributed by atoms with van der Waals surface area (Å²) < 4.78 is 6.35. The fourth-order valence-electron chi connectivity index (χ4n) is 1.09. The van der Waals surface area contributed by atoms with E-state index in [1.807, 2.05) is 13.1 Å². The molecule has 0 radical (unpaired) electrons. The van der Waals surface area contributed by atoms with E-state index in [4.69, 9.17) is 0 Å². The normalized spacial score (nSPS) is 12.5. The van der Waals surface area contributed by atoms with Crippen molar-refractivity contribution in [1.82, 2.24) is 15.1 Å². The molecule has 78 valence electrons. The van der Waals surface area contributed by atoms with Crippen molar-refractivity contribution in [2.24, 2.45) is 7.05 Å². The van der Waals surface area contributed by atoms with Crippen molar-refractivity contribution in [1.29, 1.82) is 0 Å². The van der Waals surface area contributed by atoms with Gasteiger partial charge in [-0.25, -0.2) is 0 Å². The van der Waals surface area contributed by atoms with E-state index in [9.17, 15) is 4.79 Å². The molecular weight excluding hydrogens is 182 g/mol. The zero-order valence-corrected chi connectivity index (χ0v) is 8.65. The summed E-state index contributed by atoms with van der Waals surface area (Å²) in [5.74, 6) is -0.257. The summed E-state index contributed by atoms with van der Waals surface area (Å²) in [4.78, 5) is 11.0. The van der Waals surface area contributed by atoms with Crippen LogP contribution in [0.4, 0.5) is 0 Å². The Kier molecular flexibility index (Phi) is 3.64. The van der Waals surface area contributed by atoms with Gasteiger partial charge in [0.15, 0.2) is 0 Å². The Hall–Kier alpha value is -1.36. The fraction of sp³-hybridized carbons (Fsp3) is 0.556. The van der Waals surface area contributed by atoms with Gasteiger partial charge in [-0.3, -0.25) is 14.8 Å². The molecule has 1 aromatic rings. The van der Waals surface area contributed by atoms with E-state index >= 15 is 0 Å². The first-order chi connectivity index (χ1) is 6.65. The van der Waals surface area contributed by atoms with Gasteiger partial charge in [0.2, 0.25) is 0 Å². The fourth-order valence-corrected chi connectivity index (χ4v) is 1.09. The van der Waals surface area contributed by atoms with E-state index in [1.54, 1.807) is 17.8 Å². The van der Waals surface area contributed by atoms with E-state index in [1.165, 1.54) is 7.11 Å². The van der Waals surface area contributed by atoms with Crippen molar-refractivity contribution in [3.05, 3.63) is 18.0 Å². The van der Waals surface area contributed by atoms with Crippen LogP contribution in [0.1, 0.15) is 12.6 Å². The van der Waals surface area contributed by atoms with E-state index in [2.05, 4.69) is 15.2 Å². The van der Waals surface area contributed by atoms with Crippen LogP contribution in [-0.4, -0.2) is 28.9 Å². The van der Waals surface area contributed by atoms with E-state index in [0.717, 1.165) is 5.69 Å². The Morgan fingerprint density at radius 3 is 3.00 bits per heavy atom. The highest BCUT2D eigenvalue weighted by molar-refractivity contribution is 5.75. The third-order valence-electron chi connectivity index (χ3n) is 2.07. The average molecular weight is 197 g/mol. The lowest BCUT2D eigenvalue weighted by atomic mass is 10.3. The van der Waals surface area contributed by atoms with E-state index in [-0.39, 0.29) is 12.0 Å². The first-order valence-electron chi connectivity index (χ1n) is 4.43. The lowest BCUT2D eigenvalue weighted by Crippen LogP contribution is -2.34. The van der Waals surface area contributed by atoms with Crippen LogP contribution in [0.3, 0.4) is 0 Å². The van der Waals surface area contributed by atoms with Gasteiger partial charge in [0.05, 0.1) is 12.8 Å². The second kappa shape index (κ2) is 4.76. The van der Waals surface area contributed by atoms with Crippen LogP contribution in [0.25, 0.3) is 0 Å². The van der Waals surface area contributed by atoms with E-state index in [0.29, 0.717) is 6.54 Å². The first kappa shape index (κ1) is 10.7. The number of carbonyl (C=O) groups excluding carboxylic acids is 1. The minimum Gasteiger partial charge on any atom is -0.468 e. The second-order valence-corrected chi connectivity index (χ2v) is 3.07. The molecule has 0 bridgehead atoms. The highest BCUT2D eigenvalue weighted by Gasteiger charge is 2.12. The predicted molar refractivity (Wildman–Crippen MR) is 51.5 cm³/mol. The number of aromatic nitrogens is 2. The van der Waals surface area contributed by atoms with Crippen molar-refractivity contribution in [2.45, 2.75) is 19.5 Å². The molecular formula is C9H15N3O2. The van der Waals surface area contributed by atoms with E-state index < -0.39 is 0 Å². The van der Waals surface area contributed by atoms with Crippen LogP contribution in [0, 0.1) is 0 Å². The molecule has 0 aliphatic rings. The summed E-state index contributed by atoms with van der Waals surface area (Å²) in [5, 5.41) is 7.06. The highest BCUT2D eigenvalue weighted by Crippen LogP contribution is 1.96. The zero-order valence-electron chi connectivity index (χ0n) is 8.65. The summed E-state index contributed by atoms with van der Waals surface area (Å²) in [6, 6.07) is 1.60. The van der Waals surface area contributed by atoms with Gasteiger partial charge in [0, 0.05) is 19.8 Å². The lowest BCUT2D eigenvalue weighted by molar-refractivity contribution is -0.142. The average Bonchev–Trinajstić information content (AvgIpc) is 2.59. The quantitative estimate of drug-likeness (QED) is 0.694. The van der Waals surface area contributed by atoms with Crippen LogP contribution >= 0.6 is 0 Å². The minimum absolute atomic E-state index is 0.257. The standard InChI is InChI=1S/C9H15N3O2/c1-7(9(13)14-3)10-6-8-4-5-11-12(8)2/h4-5,7,10H,6H2,1-3H3. The van der Waals surface area contributed by atoms with Crippen molar-refractivity contribution < 1.29 is 9.53 Å². The van der Waals surface area contributed by atoms with Gasteiger partial charge in [0.25, 0.3) is 0 Å². The number of nitrogens with zero attached hydrogens (tertiary/aromatic N) is 2. The Balaban J connectivity index is 2.41. The number of nitrogens with one attached hydrogen (secondary N) is 1. The number of esters is 1. The first-order valence-corrected chi connectivity index (χ1v) is 4.43. The zero-order chi connectivity index (χ0) is 10.6. The molecule has 0 aliphatic carbocycles. The maximum Gasteiger partial charge on any atom is 0.322 e. The van der Waals surface area contributed by atoms with Gasteiger partial charge in [-0.1, -0.05) is 0 Å². The summed E-state index contributed by atoms with van der Waals surface area (Å²) >= 11 is 0. The third kappa shape index (κ3) is 2.56. The molecule has 0 spiro atoms. The van der Waals surface area contributed by atoms with Crippen molar-refractivity contribution >= 4 is 5.97 Å². The molecule has 1 atom stereocenters. The molecule has 1 unspecified atom stereocenters. The monoisotopic (exact) mass is 197 g/mol. The number of methoxy groups -OCH3 is 1. The molecule has 0 amide bonds. The molecule has 5 heteroatoms. The molecule has 0 aliphatic heterocycles. The number of aryl methyl sites for hydroxylation is 1. The molecule has 1 rings (SSSR count). The van der Waals surface area contributed by atoms with Crippen LogP contribution in [0.15, 0.2) is 12.3 Å². The van der Waals surface area contributed by atoms with Gasteiger partial charge in [-0.05, 0) is 13.0 Å². The summed E-state index contributed by atoms with van der Waals surface area (Å²) in [6.07, 6.45) is 1.72. The highest BCUT2D eigenvalue weighted by atomic mass is 16.5. The van der Waals surface area contributed by atoms with Gasteiger partial charge >= 0.3 is 5.97 Å². The lowest BCUT2D eigenvalue weighted by Gasteiger charge is -2.11. The van der Waals surface area contributed by atoms with Crippen molar-refractivity contribution in [2.75, 3.05) is 7.11 Å². The number of ether oxygens (including phenoxy) is 1.